The molecule has 0 unspecified atom stereocenters. The summed E-state index contributed by atoms with van der Waals surface area (Å²) in [5.41, 5.74) is 4.25. The second kappa shape index (κ2) is 8.82. The molecule has 3 heterocycles. The van der Waals surface area contributed by atoms with Gasteiger partial charge in [0.1, 0.15) is 22.8 Å². The molecule has 10 nitrogen and oxygen atoms in total. The molecule has 0 spiro atoms. The molecule has 0 saturated carbocycles. The largest absolute Gasteiger partial charge is 0.444 e. The van der Waals surface area contributed by atoms with E-state index in [0.29, 0.717) is 25.9 Å². The molecule has 1 saturated heterocycles. The molecule has 1 aliphatic heterocycles. The number of piperidine rings is 1. The molecule has 3 N–H and O–H groups in total. The smallest absolute Gasteiger partial charge is 0.410 e. The van der Waals surface area contributed by atoms with E-state index in [4.69, 9.17) is 10.5 Å². The van der Waals surface area contributed by atoms with Crippen molar-refractivity contribution in [2.75, 3.05) is 18.4 Å². The van der Waals surface area contributed by atoms with Crippen molar-refractivity contribution in [1.29, 1.82) is 5.26 Å². The fourth-order valence-corrected chi connectivity index (χ4v) is 3.55. The van der Waals surface area contributed by atoms with Crippen LogP contribution in [-0.2, 0) is 10.3 Å². The Morgan fingerprint density at radius 2 is 2.06 bits per heavy atom. The molecule has 0 aliphatic carbocycles. The molecule has 2 aromatic rings. The number of ether oxygens (including phenoxy) is 1. The number of aromatic nitrogens is 3. The summed E-state index contributed by atoms with van der Waals surface area (Å²) in [4.78, 5) is 30.0. The third-order valence-corrected chi connectivity index (χ3v) is 5.19. The van der Waals surface area contributed by atoms with Crippen LogP contribution in [0.3, 0.4) is 0 Å². The second-order valence-corrected chi connectivity index (χ2v) is 8.71. The van der Waals surface area contributed by atoms with Gasteiger partial charge in [0.2, 0.25) is 0 Å². The lowest BCUT2D eigenvalue weighted by molar-refractivity contribution is 0.0105. The number of nitrogens with one attached hydrogen (secondary N) is 1. The molecule has 1 fully saturated rings. The van der Waals surface area contributed by atoms with Gasteiger partial charge in [-0.05, 0) is 39.7 Å². The van der Waals surface area contributed by atoms with E-state index in [1.807, 2.05) is 0 Å². The number of nitrogens with two attached hydrogens (primary N) is 1. The summed E-state index contributed by atoms with van der Waals surface area (Å²) in [7, 11) is 0. The van der Waals surface area contributed by atoms with E-state index < -0.39 is 29.0 Å². The van der Waals surface area contributed by atoms with Gasteiger partial charge in [0.15, 0.2) is 5.82 Å². The lowest BCUT2D eigenvalue weighted by atomic mass is 9.85. The van der Waals surface area contributed by atoms with Crippen molar-refractivity contribution in [3.8, 4) is 6.07 Å². The Bertz CT molecular complexity index is 1050. The van der Waals surface area contributed by atoms with E-state index in [1.165, 1.54) is 18.5 Å². The summed E-state index contributed by atoms with van der Waals surface area (Å²) in [5, 5.41) is 16.7. The number of hydrogen-bond donors (Lipinski definition) is 2. The number of pyridine rings is 1. The van der Waals surface area contributed by atoms with Crippen molar-refractivity contribution >= 4 is 23.6 Å². The highest BCUT2D eigenvalue weighted by atomic mass is 19.1. The van der Waals surface area contributed by atoms with Crippen LogP contribution in [-0.4, -0.2) is 50.4 Å². The van der Waals surface area contributed by atoms with Crippen LogP contribution in [0.2, 0.25) is 0 Å². The molecule has 1 aliphatic rings. The number of likely N-dealkylation sites (tertiary alicyclic amines) is 1. The number of nitriles is 1. The molecule has 2 aromatic heterocycles. The monoisotopic (exact) mass is 443 g/mol. The summed E-state index contributed by atoms with van der Waals surface area (Å²) in [6, 6.07) is 4.53. The summed E-state index contributed by atoms with van der Waals surface area (Å²) in [6.45, 7) is 6.11. The van der Waals surface area contributed by atoms with E-state index in [-0.39, 0.29) is 23.6 Å². The first kappa shape index (κ1) is 23.0. The third kappa shape index (κ3) is 5.14. The van der Waals surface area contributed by atoms with Gasteiger partial charge in [-0.15, -0.1) is 0 Å². The summed E-state index contributed by atoms with van der Waals surface area (Å²) in [6.07, 6.45) is 3.31. The highest BCUT2D eigenvalue weighted by Gasteiger charge is 2.40. The van der Waals surface area contributed by atoms with Crippen LogP contribution in [0.25, 0.3) is 0 Å². The molecule has 3 rings (SSSR count). The number of nitrogens with zero attached hydrogens (tertiary/aromatic N) is 5. The highest BCUT2D eigenvalue weighted by Crippen LogP contribution is 2.35. The number of amides is 2. The lowest BCUT2D eigenvalue weighted by Gasteiger charge is -2.40. The van der Waals surface area contributed by atoms with Crippen LogP contribution in [0.15, 0.2) is 24.5 Å². The first-order valence-electron chi connectivity index (χ1n) is 10.2. The van der Waals surface area contributed by atoms with Gasteiger partial charge in [0, 0.05) is 31.5 Å². The second-order valence-electron chi connectivity index (χ2n) is 8.71. The zero-order chi connectivity index (χ0) is 23.5. The first-order valence-corrected chi connectivity index (χ1v) is 10.2. The Hall–Kier alpha value is -3.68. The average molecular weight is 443 g/mol. The molecule has 32 heavy (non-hydrogen) atoms. The van der Waals surface area contributed by atoms with Crippen molar-refractivity contribution in [3.05, 3.63) is 35.9 Å². The molecular formula is C21H26FN7O3. The highest BCUT2D eigenvalue weighted by molar-refractivity contribution is 5.98. The fourth-order valence-electron chi connectivity index (χ4n) is 3.55. The number of rotatable bonds is 5. The van der Waals surface area contributed by atoms with Crippen LogP contribution in [0.5, 0.6) is 0 Å². The van der Waals surface area contributed by atoms with E-state index in [9.17, 15) is 19.2 Å². The van der Waals surface area contributed by atoms with Crippen molar-refractivity contribution in [1.82, 2.24) is 19.7 Å². The van der Waals surface area contributed by atoms with Gasteiger partial charge >= 0.3 is 6.09 Å². The number of carbonyl (C=O) groups is 2. The Balaban J connectivity index is 1.86. The maximum atomic E-state index is 13.5. The van der Waals surface area contributed by atoms with Crippen LogP contribution in [0, 0.1) is 17.1 Å². The predicted octanol–water partition coefficient (Wildman–Crippen LogP) is 2.90. The number of carbonyl (C=O) groups excluding carboxylic acids is 2. The Morgan fingerprint density at radius 1 is 1.38 bits per heavy atom. The number of primary amides is 1. The Labute approximate surface area is 185 Å². The maximum Gasteiger partial charge on any atom is 0.410 e. The molecular weight excluding hydrogens is 417 g/mol. The minimum Gasteiger partial charge on any atom is -0.444 e. The molecule has 170 valence electrons. The van der Waals surface area contributed by atoms with Crippen LogP contribution in [0.4, 0.5) is 20.8 Å². The van der Waals surface area contributed by atoms with Crippen LogP contribution >= 0.6 is 0 Å². The van der Waals surface area contributed by atoms with E-state index in [2.05, 4.69) is 21.5 Å². The van der Waals surface area contributed by atoms with Crippen molar-refractivity contribution in [2.24, 2.45) is 5.73 Å². The Kier molecular flexibility index (Phi) is 6.34. The van der Waals surface area contributed by atoms with Crippen molar-refractivity contribution in [2.45, 2.75) is 51.2 Å². The summed E-state index contributed by atoms with van der Waals surface area (Å²) in [5.74, 6) is -0.958. The van der Waals surface area contributed by atoms with Gasteiger partial charge in [-0.25, -0.2) is 14.2 Å². The van der Waals surface area contributed by atoms with E-state index in [1.54, 1.807) is 30.4 Å². The van der Waals surface area contributed by atoms with Gasteiger partial charge in [0.05, 0.1) is 18.0 Å². The van der Waals surface area contributed by atoms with Gasteiger partial charge in [-0.2, -0.15) is 10.4 Å². The minimum atomic E-state index is -0.743. The van der Waals surface area contributed by atoms with Crippen LogP contribution in [0.1, 0.15) is 50.4 Å². The third-order valence-electron chi connectivity index (χ3n) is 5.19. The van der Waals surface area contributed by atoms with Crippen LogP contribution < -0.4 is 11.1 Å². The quantitative estimate of drug-likeness (QED) is 0.724. The van der Waals surface area contributed by atoms with Gasteiger partial charge in [0.25, 0.3) is 5.91 Å². The summed E-state index contributed by atoms with van der Waals surface area (Å²) >= 11 is 0. The SMILES string of the molecule is CC(C)(C)OC(=O)N1CCC(CC#N)(n2cc(C(N)=O)c(Nc3cc(F)ccn3)n2)CC1. The summed E-state index contributed by atoms with van der Waals surface area (Å²) < 4.78 is 20.5. The lowest BCUT2D eigenvalue weighted by Crippen LogP contribution is -2.49. The van der Waals surface area contributed by atoms with Gasteiger partial charge in [-0.3, -0.25) is 9.48 Å². The zero-order valence-electron chi connectivity index (χ0n) is 18.3. The molecule has 0 aromatic carbocycles. The molecule has 2 amide bonds. The fraction of sp³-hybridized carbons (Fsp3) is 0.476. The normalized spacial score (nSPS) is 15.7. The number of hydrogen-bond acceptors (Lipinski definition) is 7. The molecule has 0 atom stereocenters. The number of halogens is 1. The van der Waals surface area contributed by atoms with Crippen molar-refractivity contribution < 1.29 is 18.7 Å². The minimum absolute atomic E-state index is 0.0861. The van der Waals surface area contributed by atoms with E-state index in [0.717, 1.165) is 6.07 Å². The zero-order valence-corrected chi connectivity index (χ0v) is 18.3. The van der Waals surface area contributed by atoms with Gasteiger partial charge < -0.3 is 20.7 Å². The Morgan fingerprint density at radius 3 is 2.62 bits per heavy atom. The standard InChI is InChI=1S/C21H26FN7O3/c1-20(2,3)32-19(31)28-10-6-21(5-8-23,7-11-28)29-13-15(17(24)30)18(27-29)26-16-12-14(22)4-9-25-16/h4,9,12-13H,5-7,10-11H2,1-3H3,(H2,24,30)(H,25,26,27). The molecule has 0 radical (unpaired) electrons. The van der Waals surface area contributed by atoms with Crippen molar-refractivity contribution in [3.63, 3.8) is 0 Å². The predicted molar refractivity (Wildman–Crippen MR) is 113 cm³/mol. The average Bonchev–Trinajstić information content (AvgIpc) is 3.12. The molecule has 0 bridgehead atoms. The molecule has 11 heteroatoms. The topological polar surface area (TPSA) is 139 Å². The van der Waals surface area contributed by atoms with E-state index >= 15 is 0 Å². The first-order chi connectivity index (χ1) is 15.0. The number of anilines is 2. The van der Waals surface area contributed by atoms with Gasteiger partial charge in [-0.1, -0.05) is 0 Å². The maximum absolute atomic E-state index is 13.5.